The Kier molecular flexibility index (Phi) is 5.34. The fraction of sp³-hybridized carbons (Fsp3) is 0.375. The van der Waals surface area contributed by atoms with Gasteiger partial charge in [0, 0.05) is 12.1 Å². The van der Waals surface area contributed by atoms with Crippen molar-refractivity contribution in [1.29, 1.82) is 0 Å². The molecule has 0 radical (unpaired) electrons. The Bertz CT molecular complexity index is 1120. The van der Waals surface area contributed by atoms with Crippen LogP contribution in [0.5, 0.6) is 0 Å². The molecule has 2 aromatic carbocycles. The van der Waals surface area contributed by atoms with Crippen LogP contribution in [-0.4, -0.2) is 21.5 Å². The molecule has 3 aromatic rings. The summed E-state index contributed by atoms with van der Waals surface area (Å²) < 4.78 is 1.86. The van der Waals surface area contributed by atoms with Gasteiger partial charge in [-0.1, -0.05) is 67.1 Å². The summed E-state index contributed by atoms with van der Waals surface area (Å²) in [5, 5.41) is 3.99. The first-order valence-electron chi connectivity index (χ1n) is 10.7. The number of benzene rings is 2. The van der Waals surface area contributed by atoms with Crippen LogP contribution in [0, 0.1) is 0 Å². The number of amides is 1. The van der Waals surface area contributed by atoms with E-state index < -0.39 is 5.25 Å². The molecule has 154 valence electrons. The Labute approximate surface area is 179 Å². The summed E-state index contributed by atoms with van der Waals surface area (Å²) in [6.07, 6.45) is 6.30. The maximum Gasteiger partial charge on any atom is 0.262 e. The first kappa shape index (κ1) is 19.4. The molecule has 5 nitrogen and oxygen atoms in total. The molecule has 2 aliphatic rings. The van der Waals surface area contributed by atoms with Crippen LogP contribution < -0.4 is 10.9 Å². The van der Waals surface area contributed by atoms with Crippen molar-refractivity contribution in [3.8, 4) is 0 Å². The van der Waals surface area contributed by atoms with Gasteiger partial charge in [0.1, 0.15) is 5.25 Å². The summed E-state index contributed by atoms with van der Waals surface area (Å²) in [6.45, 7) is 0. The van der Waals surface area contributed by atoms with E-state index in [-0.39, 0.29) is 23.6 Å². The molecule has 0 saturated heterocycles. The fourth-order valence-corrected chi connectivity index (χ4v) is 5.38. The molecule has 1 amide bonds. The third-order valence-electron chi connectivity index (χ3n) is 5.95. The first-order valence-corrected chi connectivity index (χ1v) is 11.6. The van der Waals surface area contributed by atoms with Gasteiger partial charge in [-0.2, -0.15) is 0 Å². The van der Waals surface area contributed by atoms with Gasteiger partial charge >= 0.3 is 0 Å². The molecule has 0 spiro atoms. The highest BCUT2D eigenvalue weighted by Crippen LogP contribution is 2.39. The normalized spacial score (nSPS) is 17.9. The van der Waals surface area contributed by atoms with Crippen LogP contribution in [0.25, 0.3) is 10.9 Å². The minimum absolute atomic E-state index is 0.00409. The Morgan fingerprint density at radius 2 is 1.70 bits per heavy atom. The number of nitrogens with zero attached hydrogens (tertiary/aromatic N) is 2. The van der Waals surface area contributed by atoms with E-state index in [2.05, 4.69) is 5.32 Å². The number of nitrogens with one attached hydrogen (secondary N) is 1. The number of rotatable bonds is 6. The predicted molar refractivity (Wildman–Crippen MR) is 120 cm³/mol. The van der Waals surface area contributed by atoms with Crippen molar-refractivity contribution in [1.82, 2.24) is 14.9 Å². The van der Waals surface area contributed by atoms with Crippen molar-refractivity contribution < 1.29 is 4.79 Å². The van der Waals surface area contributed by atoms with Gasteiger partial charge in [0.2, 0.25) is 5.91 Å². The lowest BCUT2D eigenvalue weighted by atomic mass is 10.1. The molecule has 0 aliphatic heterocycles. The number of hydrogen-bond acceptors (Lipinski definition) is 4. The van der Waals surface area contributed by atoms with Crippen molar-refractivity contribution in [3.63, 3.8) is 0 Å². The number of aromatic nitrogens is 2. The van der Waals surface area contributed by atoms with Crippen LogP contribution in [0.2, 0.25) is 0 Å². The van der Waals surface area contributed by atoms with Crippen LogP contribution in [-0.2, 0) is 4.79 Å². The number of carbonyl (C=O) groups excluding carboxylic acids is 1. The van der Waals surface area contributed by atoms with Crippen molar-refractivity contribution in [2.45, 2.75) is 61.0 Å². The number of para-hydroxylation sites is 1. The zero-order chi connectivity index (χ0) is 20.5. The number of hydrogen-bond donors (Lipinski definition) is 1. The summed E-state index contributed by atoms with van der Waals surface area (Å²) in [5.41, 5.74) is 1.62. The largest absolute Gasteiger partial charge is 0.352 e. The maximum atomic E-state index is 13.4. The van der Waals surface area contributed by atoms with Crippen LogP contribution in [0.4, 0.5) is 0 Å². The lowest BCUT2D eigenvalue weighted by Gasteiger charge is -2.22. The molecule has 1 atom stereocenters. The molecule has 1 unspecified atom stereocenters. The van der Waals surface area contributed by atoms with Crippen molar-refractivity contribution in [2.24, 2.45) is 0 Å². The zero-order valence-corrected chi connectivity index (χ0v) is 17.6. The van der Waals surface area contributed by atoms with E-state index in [9.17, 15) is 9.59 Å². The molecule has 1 aromatic heterocycles. The standard InChI is InChI=1S/C24H25N3O2S/c28-22(25-17-14-15-17)21(16-8-2-1-3-9-16)30-24-26-20-13-7-6-12-19(20)23(29)27(24)18-10-4-5-11-18/h1-3,6-9,12-13,17-18,21H,4-5,10-11,14-15H2,(H,25,28). The van der Waals surface area contributed by atoms with Gasteiger partial charge < -0.3 is 5.32 Å². The summed E-state index contributed by atoms with van der Waals surface area (Å²) in [7, 11) is 0. The zero-order valence-electron chi connectivity index (χ0n) is 16.8. The van der Waals surface area contributed by atoms with E-state index in [0.717, 1.165) is 44.1 Å². The van der Waals surface area contributed by atoms with Gasteiger partial charge in [0.25, 0.3) is 5.56 Å². The minimum atomic E-state index is -0.437. The van der Waals surface area contributed by atoms with Gasteiger partial charge in [-0.3, -0.25) is 14.2 Å². The second-order valence-corrected chi connectivity index (χ2v) is 9.29. The van der Waals surface area contributed by atoms with Crippen molar-refractivity contribution >= 4 is 28.6 Å². The Hall–Kier alpha value is -2.60. The van der Waals surface area contributed by atoms with E-state index in [1.807, 2.05) is 59.2 Å². The number of fused-ring (bicyclic) bond motifs is 1. The third kappa shape index (κ3) is 3.88. The fourth-order valence-electron chi connectivity index (χ4n) is 4.20. The number of carbonyl (C=O) groups is 1. The molecular formula is C24H25N3O2S. The highest BCUT2D eigenvalue weighted by atomic mass is 32.2. The Morgan fingerprint density at radius 3 is 2.43 bits per heavy atom. The summed E-state index contributed by atoms with van der Waals surface area (Å²) in [4.78, 5) is 31.4. The average molecular weight is 420 g/mol. The topological polar surface area (TPSA) is 64.0 Å². The average Bonchev–Trinajstić information content (AvgIpc) is 3.42. The molecule has 30 heavy (non-hydrogen) atoms. The second-order valence-electron chi connectivity index (χ2n) is 8.22. The van der Waals surface area contributed by atoms with E-state index in [4.69, 9.17) is 4.98 Å². The Morgan fingerprint density at radius 1 is 1.00 bits per heavy atom. The molecular weight excluding hydrogens is 394 g/mol. The van der Waals surface area contributed by atoms with E-state index in [1.54, 1.807) is 0 Å². The van der Waals surface area contributed by atoms with Crippen molar-refractivity contribution in [2.75, 3.05) is 0 Å². The maximum absolute atomic E-state index is 13.4. The molecule has 2 aliphatic carbocycles. The third-order valence-corrected chi connectivity index (χ3v) is 7.17. The molecule has 2 saturated carbocycles. The van der Waals surface area contributed by atoms with Crippen LogP contribution in [0.1, 0.15) is 55.4 Å². The highest BCUT2D eigenvalue weighted by molar-refractivity contribution is 8.00. The Balaban J connectivity index is 1.59. The smallest absolute Gasteiger partial charge is 0.262 e. The molecule has 6 heteroatoms. The van der Waals surface area contributed by atoms with Gasteiger partial charge in [0.05, 0.1) is 10.9 Å². The van der Waals surface area contributed by atoms with E-state index >= 15 is 0 Å². The highest BCUT2D eigenvalue weighted by Gasteiger charge is 2.31. The van der Waals surface area contributed by atoms with Gasteiger partial charge in [-0.25, -0.2) is 4.98 Å². The second kappa shape index (κ2) is 8.26. The van der Waals surface area contributed by atoms with Gasteiger partial charge in [-0.05, 0) is 43.4 Å². The van der Waals surface area contributed by atoms with Gasteiger partial charge in [0.15, 0.2) is 5.16 Å². The molecule has 5 rings (SSSR count). The monoisotopic (exact) mass is 419 g/mol. The molecule has 2 fully saturated rings. The van der Waals surface area contributed by atoms with Crippen LogP contribution >= 0.6 is 11.8 Å². The summed E-state index contributed by atoms with van der Waals surface area (Å²) >= 11 is 1.40. The minimum Gasteiger partial charge on any atom is -0.352 e. The SMILES string of the molecule is O=C(NC1CC1)C(Sc1nc2ccccc2c(=O)n1C1CCCC1)c1ccccc1. The predicted octanol–water partition coefficient (Wildman–Crippen LogP) is 4.62. The van der Waals surface area contributed by atoms with Crippen molar-refractivity contribution in [3.05, 3.63) is 70.5 Å². The lowest BCUT2D eigenvalue weighted by Crippen LogP contribution is -2.31. The van der Waals surface area contributed by atoms with Crippen LogP contribution in [0.15, 0.2) is 64.5 Å². The number of thioether (sulfide) groups is 1. The quantitative estimate of drug-likeness (QED) is 0.468. The summed E-state index contributed by atoms with van der Waals surface area (Å²) in [6, 6.07) is 17.7. The van der Waals surface area contributed by atoms with Crippen LogP contribution in [0.3, 0.4) is 0 Å². The molecule has 1 N–H and O–H groups in total. The van der Waals surface area contributed by atoms with E-state index in [0.29, 0.717) is 16.1 Å². The molecule has 1 heterocycles. The summed E-state index contributed by atoms with van der Waals surface area (Å²) in [5.74, 6) is -0.00548. The lowest BCUT2D eigenvalue weighted by molar-refractivity contribution is -0.120. The van der Waals surface area contributed by atoms with Gasteiger partial charge in [-0.15, -0.1) is 0 Å². The van der Waals surface area contributed by atoms with E-state index in [1.165, 1.54) is 11.8 Å². The molecule has 0 bridgehead atoms. The first-order chi connectivity index (χ1) is 14.7.